The minimum absolute atomic E-state index is 0.0271. The van der Waals surface area contributed by atoms with Gasteiger partial charge in [0.25, 0.3) is 0 Å². The van der Waals surface area contributed by atoms with Gasteiger partial charge in [0.2, 0.25) is 5.78 Å². The van der Waals surface area contributed by atoms with Crippen LogP contribution in [0, 0.1) is 0 Å². The Hall–Kier alpha value is -2.76. The molecule has 0 saturated carbocycles. The van der Waals surface area contributed by atoms with E-state index in [4.69, 9.17) is 0 Å². The molecule has 2 heterocycles. The topological polar surface area (TPSA) is 46.9 Å². The number of ketones is 1. The molecule has 4 aromatic rings. The van der Waals surface area contributed by atoms with Crippen LogP contribution in [0.3, 0.4) is 0 Å². The van der Waals surface area contributed by atoms with Gasteiger partial charge in [-0.05, 0) is 68.0 Å². The maximum absolute atomic E-state index is 12.8. The van der Waals surface area contributed by atoms with Gasteiger partial charge in [0, 0.05) is 46.8 Å². The number of fused-ring (bicyclic) bond motifs is 3. The number of nitrogens with one attached hydrogen (secondary N) is 1. The fraction of sp³-hybridized carbons (Fsp3) is 0.308. The van der Waals surface area contributed by atoms with Gasteiger partial charge >= 0.3 is 0 Å². The first-order chi connectivity index (χ1) is 15.3. The van der Waals surface area contributed by atoms with Crippen LogP contribution in [-0.4, -0.2) is 21.9 Å². The lowest BCUT2D eigenvalue weighted by Gasteiger charge is -2.16. The lowest BCUT2D eigenvalue weighted by Crippen LogP contribution is -2.17. The third-order valence-electron chi connectivity index (χ3n) is 6.17. The van der Waals surface area contributed by atoms with Crippen molar-refractivity contribution in [3.8, 4) is 0 Å². The SMILES string of the molecule is O=C(c1ccc2c(c1)c1c(n2CCCNCc2ccccc2)CCCC1)c1nccs1. The summed E-state index contributed by atoms with van der Waals surface area (Å²) in [6, 6.07) is 16.8. The maximum atomic E-state index is 12.8. The first-order valence-electron chi connectivity index (χ1n) is 11.1. The number of aryl methyl sites for hydroxylation is 2. The van der Waals surface area contributed by atoms with Crippen LogP contribution in [0.2, 0.25) is 0 Å². The summed E-state index contributed by atoms with van der Waals surface area (Å²) in [6.07, 6.45) is 7.51. The molecule has 0 fully saturated rings. The average Bonchev–Trinajstić information content (AvgIpc) is 3.46. The minimum atomic E-state index is 0.0271. The van der Waals surface area contributed by atoms with Crippen molar-refractivity contribution in [2.75, 3.05) is 6.54 Å². The fourth-order valence-corrected chi connectivity index (χ4v) is 5.28. The molecule has 0 unspecified atom stereocenters. The van der Waals surface area contributed by atoms with E-state index in [1.54, 1.807) is 6.20 Å². The van der Waals surface area contributed by atoms with Crippen LogP contribution in [-0.2, 0) is 25.9 Å². The predicted molar refractivity (Wildman–Crippen MR) is 127 cm³/mol. The molecule has 0 amide bonds. The fourth-order valence-electron chi connectivity index (χ4n) is 4.68. The van der Waals surface area contributed by atoms with Crippen LogP contribution < -0.4 is 5.32 Å². The highest BCUT2D eigenvalue weighted by Crippen LogP contribution is 2.33. The predicted octanol–water partition coefficient (Wildman–Crippen LogP) is 5.39. The zero-order chi connectivity index (χ0) is 21.0. The number of benzene rings is 2. The lowest BCUT2D eigenvalue weighted by molar-refractivity contribution is 0.103. The number of hydrogen-bond acceptors (Lipinski definition) is 4. The monoisotopic (exact) mass is 429 g/mol. The molecule has 2 aromatic heterocycles. The van der Waals surface area contributed by atoms with Crippen LogP contribution in [0.4, 0.5) is 0 Å². The molecular weight excluding hydrogens is 402 g/mol. The Labute approximate surface area is 186 Å². The van der Waals surface area contributed by atoms with Crippen LogP contribution in [0.15, 0.2) is 60.1 Å². The average molecular weight is 430 g/mol. The Balaban J connectivity index is 1.34. The van der Waals surface area contributed by atoms with Gasteiger partial charge in [-0.2, -0.15) is 0 Å². The molecule has 0 spiro atoms. The van der Waals surface area contributed by atoms with Gasteiger partial charge < -0.3 is 9.88 Å². The third-order valence-corrected chi connectivity index (χ3v) is 6.94. The Bertz CT molecular complexity index is 1180. The van der Waals surface area contributed by atoms with Gasteiger partial charge in [-0.25, -0.2) is 4.98 Å². The summed E-state index contributed by atoms with van der Waals surface area (Å²) in [7, 11) is 0. The van der Waals surface area contributed by atoms with E-state index in [9.17, 15) is 4.79 Å². The quantitative estimate of drug-likeness (QED) is 0.302. The largest absolute Gasteiger partial charge is 0.344 e. The maximum Gasteiger partial charge on any atom is 0.221 e. The Morgan fingerprint density at radius 1 is 1.10 bits per heavy atom. The van der Waals surface area contributed by atoms with E-state index in [-0.39, 0.29) is 5.78 Å². The third kappa shape index (κ3) is 4.21. The zero-order valence-corrected chi connectivity index (χ0v) is 18.5. The smallest absolute Gasteiger partial charge is 0.221 e. The number of carbonyl (C=O) groups excluding carboxylic acids is 1. The first kappa shape index (κ1) is 20.2. The highest BCUT2D eigenvalue weighted by Gasteiger charge is 2.21. The van der Waals surface area contributed by atoms with E-state index in [1.165, 1.54) is 51.9 Å². The second kappa shape index (κ2) is 9.16. The van der Waals surface area contributed by atoms with E-state index in [2.05, 4.69) is 57.3 Å². The number of hydrogen-bond donors (Lipinski definition) is 1. The summed E-state index contributed by atoms with van der Waals surface area (Å²) < 4.78 is 2.51. The number of thiazole rings is 1. The van der Waals surface area contributed by atoms with E-state index >= 15 is 0 Å². The number of nitrogens with zero attached hydrogens (tertiary/aromatic N) is 2. The van der Waals surface area contributed by atoms with E-state index in [0.717, 1.165) is 44.5 Å². The molecule has 5 heteroatoms. The van der Waals surface area contributed by atoms with E-state index < -0.39 is 0 Å². The van der Waals surface area contributed by atoms with Crippen molar-refractivity contribution in [2.24, 2.45) is 0 Å². The van der Waals surface area contributed by atoms with Crippen molar-refractivity contribution >= 4 is 28.0 Å². The molecule has 158 valence electrons. The number of rotatable bonds is 8. The molecule has 0 aliphatic heterocycles. The molecule has 1 N–H and O–H groups in total. The lowest BCUT2D eigenvalue weighted by atomic mass is 9.94. The number of carbonyl (C=O) groups is 1. The van der Waals surface area contributed by atoms with Crippen molar-refractivity contribution in [1.82, 2.24) is 14.9 Å². The van der Waals surface area contributed by atoms with Gasteiger partial charge in [-0.15, -0.1) is 11.3 Å². The molecule has 0 radical (unpaired) electrons. The van der Waals surface area contributed by atoms with Gasteiger partial charge in [0.1, 0.15) is 0 Å². The Kier molecular flexibility index (Phi) is 5.96. The van der Waals surface area contributed by atoms with Crippen molar-refractivity contribution < 1.29 is 4.79 Å². The standard InChI is InChI=1S/C26H27N3OS/c30-25(26-28-14-16-31-26)20-11-12-24-22(17-20)21-9-4-5-10-23(21)29(24)15-6-13-27-18-19-7-2-1-3-8-19/h1-3,7-8,11-12,14,16-17,27H,4-6,9-10,13,15,18H2. The van der Waals surface area contributed by atoms with Crippen molar-refractivity contribution in [2.45, 2.75) is 45.2 Å². The van der Waals surface area contributed by atoms with Crippen LogP contribution >= 0.6 is 11.3 Å². The minimum Gasteiger partial charge on any atom is -0.344 e. The molecule has 1 aliphatic carbocycles. The van der Waals surface area contributed by atoms with Crippen LogP contribution in [0.1, 0.15) is 51.4 Å². The molecule has 4 nitrogen and oxygen atoms in total. The highest BCUT2D eigenvalue weighted by molar-refractivity contribution is 7.11. The molecule has 2 aromatic carbocycles. The van der Waals surface area contributed by atoms with Gasteiger partial charge in [0.15, 0.2) is 5.01 Å². The van der Waals surface area contributed by atoms with Crippen molar-refractivity contribution in [3.63, 3.8) is 0 Å². The molecule has 5 rings (SSSR count). The summed E-state index contributed by atoms with van der Waals surface area (Å²) >= 11 is 1.41. The second-order valence-corrected chi connectivity index (χ2v) is 9.09. The summed E-state index contributed by atoms with van der Waals surface area (Å²) in [5, 5.41) is 7.25. The number of aromatic nitrogens is 2. The first-order valence-corrected chi connectivity index (χ1v) is 12.0. The van der Waals surface area contributed by atoms with E-state index in [0.29, 0.717) is 5.01 Å². The summed E-state index contributed by atoms with van der Waals surface area (Å²) in [5.41, 5.74) is 6.27. The molecule has 1 aliphatic rings. The van der Waals surface area contributed by atoms with Crippen molar-refractivity contribution in [1.29, 1.82) is 0 Å². The molecular formula is C26H27N3OS. The van der Waals surface area contributed by atoms with Crippen molar-refractivity contribution in [3.05, 3.63) is 87.5 Å². The summed E-state index contributed by atoms with van der Waals surface area (Å²) in [6.45, 7) is 2.91. The second-order valence-electron chi connectivity index (χ2n) is 8.20. The Morgan fingerprint density at radius 3 is 2.81 bits per heavy atom. The van der Waals surface area contributed by atoms with Crippen LogP contribution in [0.5, 0.6) is 0 Å². The highest BCUT2D eigenvalue weighted by atomic mass is 32.1. The zero-order valence-electron chi connectivity index (χ0n) is 17.6. The summed E-state index contributed by atoms with van der Waals surface area (Å²) in [5.74, 6) is 0.0271. The molecule has 0 saturated heterocycles. The summed E-state index contributed by atoms with van der Waals surface area (Å²) in [4.78, 5) is 17.0. The van der Waals surface area contributed by atoms with Gasteiger partial charge in [0.05, 0.1) is 0 Å². The molecule has 31 heavy (non-hydrogen) atoms. The van der Waals surface area contributed by atoms with Gasteiger partial charge in [-0.1, -0.05) is 30.3 Å². The van der Waals surface area contributed by atoms with E-state index in [1.807, 2.05) is 11.4 Å². The van der Waals surface area contributed by atoms with Gasteiger partial charge in [-0.3, -0.25) is 4.79 Å². The Morgan fingerprint density at radius 2 is 1.97 bits per heavy atom. The normalized spacial score (nSPS) is 13.4. The molecule has 0 bridgehead atoms. The van der Waals surface area contributed by atoms with Crippen LogP contribution in [0.25, 0.3) is 10.9 Å². The molecule has 0 atom stereocenters.